The lowest BCUT2D eigenvalue weighted by Crippen LogP contribution is -2.33. The zero-order valence-corrected chi connectivity index (χ0v) is 14.4. The van der Waals surface area contributed by atoms with Crippen molar-refractivity contribution in [3.8, 4) is 5.75 Å². The first-order chi connectivity index (χ1) is 12.1. The Hall–Kier alpha value is -2.87. The summed E-state index contributed by atoms with van der Waals surface area (Å²) >= 11 is 1.27. The van der Waals surface area contributed by atoms with Gasteiger partial charge in [-0.05, 0) is 17.5 Å². The number of benzene rings is 1. The molecule has 0 aliphatic heterocycles. The molecule has 0 fully saturated rings. The molecule has 0 saturated heterocycles. The second kappa shape index (κ2) is 9.43. The second-order valence-electron chi connectivity index (χ2n) is 4.91. The van der Waals surface area contributed by atoms with Crippen LogP contribution in [0.25, 0.3) is 0 Å². The maximum absolute atomic E-state index is 11.7. The van der Waals surface area contributed by atoms with Gasteiger partial charge in [0.2, 0.25) is 0 Å². The molecule has 0 atom stereocenters. The van der Waals surface area contributed by atoms with Gasteiger partial charge in [-0.2, -0.15) is 0 Å². The topological polar surface area (TPSA) is 93.7 Å². The zero-order chi connectivity index (χ0) is 18.1. The first-order valence-corrected chi connectivity index (χ1v) is 8.34. The summed E-state index contributed by atoms with van der Waals surface area (Å²) in [6.07, 6.45) is 0. The molecule has 7 nitrogen and oxygen atoms in total. The average Bonchev–Trinajstić information content (AvgIpc) is 3.17. The van der Waals surface area contributed by atoms with E-state index >= 15 is 0 Å². The summed E-state index contributed by atoms with van der Waals surface area (Å²) < 4.78 is 10.0. The van der Waals surface area contributed by atoms with Gasteiger partial charge in [0, 0.05) is 12.1 Å². The van der Waals surface area contributed by atoms with Gasteiger partial charge in [-0.15, -0.1) is 11.3 Å². The molecule has 1 aromatic heterocycles. The molecular weight excluding hydrogens is 344 g/mol. The molecule has 1 heterocycles. The Bertz CT molecular complexity index is 730. The number of carbonyl (C=O) groups excluding carboxylic acids is 3. The number of rotatable bonds is 8. The van der Waals surface area contributed by atoms with Crippen LogP contribution in [-0.2, 0) is 20.9 Å². The molecule has 1 aromatic carbocycles. The molecule has 132 valence electrons. The Morgan fingerprint density at radius 1 is 1.08 bits per heavy atom. The van der Waals surface area contributed by atoms with Crippen molar-refractivity contribution < 1.29 is 23.9 Å². The highest BCUT2D eigenvalue weighted by atomic mass is 32.1. The van der Waals surface area contributed by atoms with Crippen molar-refractivity contribution in [2.45, 2.75) is 6.54 Å². The maximum Gasteiger partial charge on any atom is 0.325 e. The summed E-state index contributed by atoms with van der Waals surface area (Å²) in [5.41, 5.74) is 0.813. The lowest BCUT2D eigenvalue weighted by atomic mass is 10.2. The van der Waals surface area contributed by atoms with E-state index in [9.17, 15) is 14.4 Å². The number of ether oxygens (including phenoxy) is 2. The quantitative estimate of drug-likeness (QED) is 0.692. The fourth-order valence-corrected chi connectivity index (χ4v) is 2.58. The van der Waals surface area contributed by atoms with E-state index in [0.29, 0.717) is 10.6 Å². The molecule has 2 rings (SSSR count). The van der Waals surface area contributed by atoms with Crippen LogP contribution < -0.4 is 15.4 Å². The van der Waals surface area contributed by atoms with Gasteiger partial charge in [0.1, 0.15) is 12.3 Å². The lowest BCUT2D eigenvalue weighted by Gasteiger charge is -2.10. The Kier molecular flexibility index (Phi) is 6.97. The molecule has 0 spiro atoms. The fraction of sp³-hybridized carbons (Fsp3) is 0.235. The summed E-state index contributed by atoms with van der Waals surface area (Å²) in [5, 5.41) is 6.83. The highest BCUT2D eigenvalue weighted by Crippen LogP contribution is 2.16. The predicted octanol–water partition coefficient (Wildman–Crippen LogP) is 1.35. The third kappa shape index (κ3) is 5.92. The maximum atomic E-state index is 11.7. The number of para-hydroxylation sites is 1. The predicted molar refractivity (Wildman–Crippen MR) is 92.5 cm³/mol. The second-order valence-corrected chi connectivity index (χ2v) is 5.86. The van der Waals surface area contributed by atoms with Crippen molar-refractivity contribution in [1.29, 1.82) is 0 Å². The van der Waals surface area contributed by atoms with Crippen LogP contribution in [0.2, 0.25) is 0 Å². The lowest BCUT2D eigenvalue weighted by molar-refractivity contribution is -0.147. The van der Waals surface area contributed by atoms with E-state index in [1.165, 1.54) is 11.3 Å². The molecule has 2 amide bonds. The standard InChI is InChI=1S/C17H18N2O5S/c1-23-13-6-3-2-5-12(13)9-18-15(20)11-24-16(21)10-19-17(22)14-7-4-8-25-14/h2-8H,9-11H2,1H3,(H,18,20)(H,19,22). The molecule has 0 radical (unpaired) electrons. The van der Waals surface area contributed by atoms with Crippen molar-refractivity contribution in [2.75, 3.05) is 20.3 Å². The van der Waals surface area contributed by atoms with E-state index in [4.69, 9.17) is 9.47 Å². The number of hydrogen-bond acceptors (Lipinski definition) is 6. The highest BCUT2D eigenvalue weighted by molar-refractivity contribution is 7.12. The van der Waals surface area contributed by atoms with Crippen LogP contribution in [0.3, 0.4) is 0 Å². The summed E-state index contributed by atoms with van der Waals surface area (Å²) in [6.45, 7) is -0.450. The van der Waals surface area contributed by atoms with Crippen LogP contribution in [0.5, 0.6) is 5.75 Å². The molecule has 2 aromatic rings. The smallest absolute Gasteiger partial charge is 0.325 e. The van der Waals surface area contributed by atoms with Crippen molar-refractivity contribution in [1.82, 2.24) is 10.6 Å². The Balaban J connectivity index is 1.67. The van der Waals surface area contributed by atoms with Crippen LogP contribution in [0.1, 0.15) is 15.2 Å². The van der Waals surface area contributed by atoms with Crippen LogP contribution in [-0.4, -0.2) is 38.0 Å². The fourth-order valence-electron chi connectivity index (χ4n) is 1.94. The van der Waals surface area contributed by atoms with Crippen LogP contribution in [0.4, 0.5) is 0 Å². The van der Waals surface area contributed by atoms with E-state index in [-0.39, 0.29) is 19.0 Å². The Morgan fingerprint density at radius 2 is 1.88 bits per heavy atom. The van der Waals surface area contributed by atoms with E-state index < -0.39 is 18.5 Å². The zero-order valence-electron chi connectivity index (χ0n) is 13.6. The number of methoxy groups -OCH3 is 1. The van der Waals surface area contributed by atoms with Gasteiger partial charge in [0.15, 0.2) is 6.61 Å². The van der Waals surface area contributed by atoms with Crippen molar-refractivity contribution in [2.24, 2.45) is 0 Å². The first kappa shape index (κ1) is 18.5. The molecule has 0 saturated carbocycles. The minimum absolute atomic E-state index is 0.259. The summed E-state index contributed by atoms with van der Waals surface area (Å²) in [4.78, 5) is 35.5. The minimum atomic E-state index is -0.683. The minimum Gasteiger partial charge on any atom is -0.496 e. The third-order valence-corrected chi connectivity index (χ3v) is 4.04. The number of thiophene rings is 1. The molecule has 0 aliphatic carbocycles. The monoisotopic (exact) mass is 362 g/mol. The van der Waals surface area contributed by atoms with E-state index in [0.717, 1.165) is 5.56 Å². The van der Waals surface area contributed by atoms with E-state index in [2.05, 4.69) is 10.6 Å². The SMILES string of the molecule is COc1ccccc1CNC(=O)COC(=O)CNC(=O)c1cccs1. The number of nitrogens with one attached hydrogen (secondary N) is 2. The van der Waals surface area contributed by atoms with E-state index in [1.54, 1.807) is 30.7 Å². The van der Waals surface area contributed by atoms with Crippen molar-refractivity contribution >= 4 is 29.1 Å². The van der Waals surface area contributed by atoms with Gasteiger partial charge in [0.05, 0.1) is 12.0 Å². The highest BCUT2D eigenvalue weighted by Gasteiger charge is 2.11. The molecule has 0 unspecified atom stereocenters. The summed E-state index contributed by atoms with van der Waals surface area (Å²) in [6, 6.07) is 10.7. The first-order valence-electron chi connectivity index (χ1n) is 7.46. The third-order valence-electron chi connectivity index (χ3n) is 3.17. The van der Waals surface area contributed by atoms with Crippen molar-refractivity contribution in [3.05, 3.63) is 52.2 Å². The van der Waals surface area contributed by atoms with Gasteiger partial charge < -0.3 is 20.1 Å². The summed E-state index contributed by atoms with van der Waals surface area (Å²) in [7, 11) is 1.55. The Morgan fingerprint density at radius 3 is 2.60 bits per heavy atom. The molecule has 0 bridgehead atoms. The molecule has 0 aliphatic rings. The van der Waals surface area contributed by atoms with Crippen LogP contribution >= 0.6 is 11.3 Å². The van der Waals surface area contributed by atoms with Gasteiger partial charge in [-0.3, -0.25) is 14.4 Å². The molecule has 2 N–H and O–H groups in total. The molecule has 25 heavy (non-hydrogen) atoms. The Labute approximate surface area is 148 Å². The summed E-state index contributed by atoms with van der Waals surface area (Å²) in [5.74, 6) is -0.815. The number of hydrogen-bond donors (Lipinski definition) is 2. The normalized spacial score (nSPS) is 9.96. The number of esters is 1. The van der Waals surface area contributed by atoms with Crippen molar-refractivity contribution in [3.63, 3.8) is 0 Å². The molecular formula is C17H18N2O5S. The number of amides is 2. The van der Waals surface area contributed by atoms with Crippen LogP contribution in [0.15, 0.2) is 41.8 Å². The van der Waals surface area contributed by atoms with Gasteiger partial charge in [-0.1, -0.05) is 24.3 Å². The van der Waals surface area contributed by atoms with Crippen LogP contribution in [0, 0.1) is 0 Å². The van der Waals surface area contributed by atoms with Gasteiger partial charge in [0.25, 0.3) is 11.8 Å². The van der Waals surface area contributed by atoms with Gasteiger partial charge in [-0.25, -0.2) is 0 Å². The van der Waals surface area contributed by atoms with Gasteiger partial charge >= 0.3 is 5.97 Å². The molecule has 8 heteroatoms. The van der Waals surface area contributed by atoms with E-state index in [1.807, 2.05) is 18.2 Å². The largest absolute Gasteiger partial charge is 0.496 e. The number of carbonyl (C=O) groups is 3. The average molecular weight is 362 g/mol.